The van der Waals surface area contributed by atoms with Gasteiger partial charge >= 0.3 is 10.3 Å². The van der Waals surface area contributed by atoms with Gasteiger partial charge in [0.15, 0.2) is 0 Å². The van der Waals surface area contributed by atoms with E-state index >= 15 is 0 Å². The Labute approximate surface area is 141 Å². The van der Waals surface area contributed by atoms with Crippen LogP contribution in [-0.2, 0) is 10.3 Å². The highest BCUT2D eigenvalue weighted by Crippen LogP contribution is 2.15. The maximum atomic E-state index is 11.3. The summed E-state index contributed by atoms with van der Waals surface area (Å²) in [6.45, 7) is 1.29. The smallest absolute Gasteiger partial charge is 0.336 e. The summed E-state index contributed by atoms with van der Waals surface area (Å²) in [5, 5.41) is 18.2. The van der Waals surface area contributed by atoms with Crippen molar-refractivity contribution in [2.24, 2.45) is 0 Å². The summed E-state index contributed by atoms with van der Waals surface area (Å²) in [6.07, 6.45) is 12.3. The minimum Gasteiger partial charge on any atom is -0.395 e. The molecule has 6 nitrogen and oxygen atoms in total. The lowest BCUT2D eigenvalue weighted by Crippen LogP contribution is -2.43. The van der Waals surface area contributed by atoms with Crippen molar-refractivity contribution < 1.29 is 23.2 Å². The van der Waals surface area contributed by atoms with Gasteiger partial charge in [0, 0.05) is 6.54 Å². The van der Waals surface area contributed by atoms with E-state index in [4.69, 9.17) is 9.66 Å². The topological polar surface area (TPSA) is 98.1 Å². The van der Waals surface area contributed by atoms with Crippen LogP contribution in [0.3, 0.4) is 0 Å². The molecule has 0 radical (unpaired) electrons. The first-order chi connectivity index (χ1) is 11.0. The van der Waals surface area contributed by atoms with E-state index in [9.17, 15) is 13.5 Å². The van der Waals surface area contributed by atoms with Gasteiger partial charge in [-0.05, 0) is 6.42 Å². The molecule has 0 aromatic carbocycles. The Balaban J connectivity index is 3.82. The summed E-state index contributed by atoms with van der Waals surface area (Å²) in [5.74, 6) is 0. The van der Waals surface area contributed by atoms with Crippen LogP contribution in [-0.4, -0.2) is 53.3 Å². The third-order valence-electron chi connectivity index (χ3n) is 4.13. The third kappa shape index (κ3) is 11.9. The van der Waals surface area contributed by atoms with E-state index < -0.39 is 16.3 Å². The fourth-order valence-electron chi connectivity index (χ4n) is 2.78. The van der Waals surface area contributed by atoms with E-state index in [1.165, 1.54) is 44.9 Å². The van der Waals surface area contributed by atoms with Gasteiger partial charge in [0.2, 0.25) is 0 Å². The number of aliphatic hydroxyl groups excluding tert-OH is 2. The van der Waals surface area contributed by atoms with Gasteiger partial charge in [0.05, 0.1) is 19.3 Å². The molecular formula is C16H35NO5S. The van der Waals surface area contributed by atoms with Crippen molar-refractivity contribution in [2.75, 3.05) is 19.8 Å². The van der Waals surface area contributed by atoms with Crippen LogP contribution in [0.15, 0.2) is 0 Å². The predicted octanol–water partition coefficient (Wildman–Crippen LogP) is 2.76. The van der Waals surface area contributed by atoms with Crippen molar-refractivity contribution in [3.05, 3.63) is 0 Å². The van der Waals surface area contributed by atoms with Crippen molar-refractivity contribution in [3.63, 3.8) is 0 Å². The quantitative estimate of drug-likeness (QED) is 0.293. The molecule has 7 heteroatoms. The fraction of sp³-hybridized carbons (Fsp3) is 1.00. The van der Waals surface area contributed by atoms with Crippen LogP contribution in [0.2, 0.25) is 0 Å². The molecule has 0 amide bonds. The van der Waals surface area contributed by atoms with Crippen LogP contribution in [0, 0.1) is 0 Å². The molecule has 0 aromatic heterocycles. The molecular weight excluding hydrogens is 318 g/mol. The molecule has 0 aliphatic rings. The van der Waals surface area contributed by atoms with Crippen molar-refractivity contribution in [3.8, 4) is 0 Å². The minimum absolute atomic E-state index is 0.193. The van der Waals surface area contributed by atoms with Gasteiger partial charge in [0.1, 0.15) is 0 Å². The Bertz CT molecular complexity index is 361. The van der Waals surface area contributed by atoms with Crippen molar-refractivity contribution >= 4 is 10.3 Å². The normalized spacial score (nSPS) is 13.6. The maximum absolute atomic E-state index is 11.3. The fourth-order valence-corrected chi connectivity index (χ4v) is 3.64. The van der Waals surface area contributed by atoms with Gasteiger partial charge in [-0.15, -0.1) is 0 Å². The Morgan fingerprint density at radius 1 is 0.870 bits per heavy atom. The van der Waals surface area contributed by atoms with Crippen molar-refractivity contribution in [2.45, 2.75) is 83.6 Å². The second-order valence-corrected chi connectivity index (χ2v) is 7.48. The summed E-state index contributed by atoms with van der Waals surface area (Å²) in [7, 11) is -4.39. The van der Waals surface area contributed by atoms with E-state index in [1.807, 2.05) is 0 Å². The number of hydrogen-bond donors (Lipinski definition) is 3. The maximum Gasteiger partial charge on any atom is 0.336 e. The van der Waals surface area contributed by atoms with E-state index in [1.54, 1.807) is 0 Å². The van der Waals surface area contributed by atoms with Crippen molar-refractivity contribution in [1.82, 2.24) is 4.31 Å². The van der Waals surface area contributed by atoms with Gasteiger partial charge < -0.3 is 10.2 Å². The highest BCUT2D eigenvalue weighted by molar-refractivity contribution is 7.83. The van der Waals surface area contributed by atoms with Gasteiger partial charge in [-0.2, -0.15) is 12.7 Å². The number of hydrogen-bond acceptors (Lipinski definition) is 4. The largest absolute Gasteiger partial charge is 0.395 e. The molecule has 0 bridgehead atoms. The van der Waals surface area contributed by atoms with Gasteiger partial charge in [-0.1, -0.05) is 71.1 Å². The molecule has 3 N–H and O–H groups in total. The average Bonchev–Trinajstić information content (AvgIpc) is 2.50. The van der Waals surface area contributed by atoms with Gasteiger partial charge in [-0.25, -0.2) is 0 Å². The summed E-state index contributed by atoms with van der Waals surface area (Å²) >= 11 is 0. The first-order valence-electron chi connectivity index (χ1n) is 8.93. The molecule has 140 valence electrons. The monoisotopic (exact) mass is 353 g/mol. The SMILES string of the molecule is CCCCCCCCCCCCC(CO)N(CCO)S(=O)(=O)O. The number of nitrogens with zero attached hydrogens (tertiary/aromatic N) is 1. The Morgan fingerprint density at radius 2 is 1.35 bits per heavy atom. The molecule has 0 aromatic rings. The predicted molar refractivity (Wildman–Crippen MR) is 92.7 cm³/mol. The highest BCUT2D eigenvalue weighted by atomic mass is 32.2. The summed E-state index contributed by atoms with van der Waals surface area (Å²) < 4.78 is 32.5. The highest BCUT2D eigenvalue weighted by Gasteiger charge is 2.26. The zero-order chi connectivity index (χ0) is 17.6. The molecule has 0 heterocycles. The lowest BCUT2D eigenvalue weighted by molar-refractivity contribution is 0.147. The molecule has 1 atom stereocenters. The van der Waals surface area contributed by atoms with Crippen LogP contribution >= 0.6 is 0 Å². The van der Waals surface area contributed by atoms with Crippen LogP contribution < -0.4 is 0 Å². The standard InChI is InChI=1S/C16H35NO5S/c1-2-3-4-5-6-7-8-9-10-11-12-16(15-19)17(13-14-18)23(20,21)22/h16,18-19H,2-15H2,1H3,(H,20,21,22). The summed E-state index contributed by atoms with van der Waals surface area (Å²) in [4.78, 5) is 0. The first-order valence-corrected chi connectivity index (χ1v) is 10.3. The molecule has 0 saturated heterocycles. The van der Waals surface area contributed by atoms with E-state index in [-0.39, 0.29) is 19.8 Å². The van der Waals surface area contributed by atoms with Gasteiger partial charge in [-0.3, -0.25) is 4.55 Å². The van der Waals surface area contributed by atoms with E-state index in [0.717, 1.165) is 23.6 Å². The Morgan fingerprint density at radius 3 is 1.74 bits per heavy atom. The zero-order valence-electron chi connectivity index (χ0n) is 14.5. The second kappa shape index (κ2) is 14.2. The first kappa shape index (κ1) is 22.8. The molecule has 23 heavy (non-hydrogen) atoms. The molecule has 0 fully saturated rings. The molecule has 0 rings (SSSR count). The molecule has 0 spiro atoms. The summed E-state index contributed by atoms with van der Waals surface area (Å²) in [5.41, 5.74) is 0. The third-order valence-corrected chi connectivity index (χ3v) is 5.20. The van der Waals surface area contributed by atoms with Crippen LogP contribution in [0.4, 0.5) is 0 Å². The van der Waals surface area contributed by atoms with Crippen LogP contribution in [0.5, 0.6) is 0 Å². The Hall–Kier alpha value is -0.210. The van der Waals surface area contributed by atoms with Gasteiger partial charge in [0.25, 0.3) is 0 Å². The molecule has 0 aliphatic heterocycles. The molecule has 1 unspecified atom stereocenters. The number of rotatable bonds is 16. The average molecular weight is 354 g/mol. The number of unbranched alkanes of at least 4 members (excludes halogenated alkanes) is 9. The van der Waals surface area contributed by atoms with Crippen molar-refractivity contribution in [1.29, 1.82) is 0 Å². The molecule has 0 aliphatic carbocycles. The lowest BCUT2D eigenvalue weighted by atomic mass is 10.0. The van der Waals surface area contributed by atoms with Crippen LogP contribution in [0.25, 0.3) is 0 Å². The summed E-state index contributed by atoms with van der Waals surface area (Å²) in [6, 6.07) is -0.661. The zero-order valence-corrected chi connectivity index (χ0v) is 15.3. The number of aliphatic hydroxyl groups is 2. The second-order valence-electron chi connectivity index (χ2n) is 6.12. The van der Waals surface area contributed by atoms with E-state index in [2.05, 4.69) is 6.92 Å². The minimum atomic E-state index is -4.39. The lowest BCUT2D eigenvalue weighted by Gasteiger charge is -2.26. The Kier molecular flexibility index (Phi) is 14.0. The van der Waals surface area contributed by atoms with E-state index in [0.29, 0.717) is 6.42 Å². The van der Waals surface area contributed by atoms with Crippen LogP contribution in [0.1, 0.15) is 77.6 Å². The molecule has 0 saturated carbocycles.